The number of pyridine rings is 1. The van der Waals surface area contributed by atoms with Crippen molar-refractivity contribution in [2.45, 2.75) is 13.5 Å². The van der Waals surface area contributed by atoms with Gasteiger partial charge in [-0.15, -0.1) is 0 Å². The van der Waals surface area contributed by atoms with Crippen molar-refractivity contribution in [1.29, 1.82) is 0 Å². The topological polar surface area (TPSA) is 45.2 Å². The second kappa shape index (κ2) is 7.28. The number of rotatable bonds is 6. The average molecular weight is 269 g/mol. The van der Waals surface area contributed by atoms with Gasteiger partial charge >= 0.3 is 0 Å². The summed E-state index contributed by atoms with van der Waals surface area (Å²) in [5.74, 6) is 0.0135. The van der Waals surface area contributed by atoms with Crippen molar-refractivity contribution in [3.8, 4) is 0 Å². The van der Waals surface area contributed by atoms with E-state index in [0.717, 1.165) is 17.8 Å². The number of aromatic nitrogens is 1. The molecule has 4 nitrogen and oxygen atoms in total. The second-order valence-corrected chi connectivity index (χ2v) is 4.49. The maximum Gasteiger partial charge on any atom is 0.239 e. The van der Waals surface area contributed by atoms with Gasteiger partial charge in [-0.25, -0.2) is 0 Å². The van der Waals surface area contributed by atoms with Gasteiger partial charge in [0.15, 0.2) is 0 Å². The SMILES string of the molecule is CCN(CC(=O)NCc1cccnc1)c1ccccc1. The summed E-state index contributed by atoms with van der Waals surface area (Å²) < 4.78 is 0. The molecule has 2 aromatic rings. The lowest BCUT2D eigenvalue weighted by atomic mass is 10.2. The largest absolute Gasteiger partial charge is 0.363 e. The van der Waals surface area contributed by atoms with Gasteiger partial charge in [-0.3, -0.25) is 9.78 Å². The highest BCUT2D eigenvalue weighted by molar-refractivity contribution is 5.81. The molecule has 2 rings (SSSR count). The summed E-state index contributed by atoms with van der Waals surface area (Å²) in [5, 5.41) is 2.91. The molecule has 0 aliphatic carbocycles. The van der Waals surface area contributed by atoms with Crippen LogP contribution in [0.25, 0.3) is 0 Å². The molecule has 0 unspecified atom stereocenters. The number of nitrogens with zero attached hydrogens (tertiary/aromatic N) is 2. The number of amides is 1. The van der Waals surface area contributed by atoms with Gasteiger partial charge in [0, 0.05) is 31.2 Å². The smallest absolute Gasteiger partial charge is 0.239 e. The fourth-order valence-corrected chi connectivity index (χ4v) is 1.96. The minimum Gasteiger partial charge on any atom is -0.363 e. The number of anilines is 1. The van der Waals surface area contributed by atoms with E-state index < -0.39 is 0 Å². The molecule has 1 heterocycles. The van der Waals surface area contributed by atoms with Crippen LogP contribution in [-0.2, 0) is 11.3 Å². The maximum atomic E-state index is 12.0. The van der Waals surface area contributed by atoms with E-state index in [0.29, 0.717) is 13.1 Å². The molecular weight excluding hydrogens is 250 g/mol. The summed E-state index contributed by atoms with van der Waals surface area (Å²) in [5.41, 5.74) is 2.06. The third kappa shape index (κ3) is 4.09. The number of benzene rings is 1. The molecular formula is C16H19N3O. The van der Waals surface area contributed by atoms with Crippen molar-refractivity contribution in [2.24, 2.45) is 0 Å². The zero-order chi connectivity index (χ0) is 14.2. The summed E-state index contributed by atoms with van der Waals surface area (Å²) in [7, 11) is 0. The number of para-hydroxylation sites is 1. The molecule has 1 N–H and O–H groups in total. The fraction of sp³-hybridized carbons (Fsp3) is 0.250. The summed E-state index contributed by atoms with van der Waals surface area (Å²) in [4.78, 5) is 18.1. The molecule has 1 amide bonds. The number of hydrogen-bond acceptors (Lipinski definition) is 3. The third-order valence-electron chi connectivity index (χ3n) is 3.05. The van der Waals surface area contributed by atoms with Crippen LogP contribution < -0.4 is 10.2 Å². The van der Waals surface area contributed by atoms with E-state index in [4.69, 9.17) is 0 Å². The number of hydrogen-bond donors (Lipinski definition) is 1. The quantitative estimate of drug-likeness (QED) is 0.874. The van der Waals surface area contributed by atoms with Crippen LogP contribution in [0.5, 0.6) is 0 Å². The first-order valence-corrected chi connectivity index (χ1v) is 6.75. The van der Waals surface area contributed by atoms with E-state index in [-0.39, 0.29) is 5.91 Å². The Morgan fingerprint density at radius 2 is 2.00 bits per heavy atom. The van der Waals surface area contributed by atoms with E-state index in [9.17, 15) is 4.79 Å². The van der Waals surface area contributed by atoms with Crippen LogP contribution in [0.3, 0.4) is 0 Å². The molecule has 0 saturated carbocycles. The molecule has 104 valence electrons. The maximum absolute atomic E-state index is 12.0. The van der Waals surface area contributed by atoms with E-state index in [1.807, 2.05) is 54.3 Å². The van der Waals surface area contributed by atoms with E-state index in [2.05, 4.69) is 10.3 Å². The summed E-state index contributed by atoms with van der Waals surface area (Å²) >= 11 is 0. The Morgan fingerprint density at radius 1 is 1.20 bits per heavy atom. The number of likely N-dealkylation sites (N-methyl/N-ethyl adjacent to an activating group) is 1. The Hall–Kier alpha value is -2.36. The van der Waals surface area contributed by atoms with Gasteiger partial charge in [-0.1, -0.05) is 24.3 Å². The van der Waals surface area contributed by atoms with E-state index >= 15 is 0 Å². The monoisotopic (exact) mass is 269 g/mol. The number of nitrogens with one attached hydrogen (secondary N) is 1. The fourth-order valence-electron chi connectivity index (χ4n) is 1.96. The van der Waals surface area contributed by atoms with Crippen molar-refractivity contribution in [3.63, 3.8) is 0 Å². The zero-order valence-electron chi connectivity index (χ0n) is 11.6. The minimum absolute atomic E-state index is 0.0135. The highest BCUT2D eigenvalue weighted by Crippen LogP contribution is 2.12. The normalized spacial score (nSPS) is 10.1. The molecule has 0 aliphatic heterocycles. The van der Waals surface area contributed by atoms with Crippen LogP contribution in [0, 0.1) is 0 Å². The van der Waals surface area contributed by atoms with Crippen molar-refractivity contribution in [2.75, 3.05) is 18.0 Å². The van der Waals surface area contributed by atoms with Crippen LogP contribution in [0.4, 0.5) is 5.69 Å². The summed E-state index contributed by atoms with van der Waals surface area (Å²) in [6, 6.07) is 13.8. The predicted octanol–water partition coefficient (Wildman–Crippen LogP) is 2.22. The highest BCUT2D eigenvalue weighted by atomic mass is 16.2. The molecule has 0 radical (unpaired) electrons. The van der Waals surface area contributed by atoms with Crippen molar-refractivity contribution >= 4 is 11.6 Å². The molecule has 4 heteroatoms. The van der Waals surface area contributed by atoms with Gasteiger partial charge in [-0.05, 0) is 30.7 Å². The lowest BCUT2D eigenvalue weighted by Gasteiger charge is -2.22. The lowest BCUT2D eigenvalue weighted by molar-refractivity contribution is -0.119. The zero-order valence-corrected chi connectivity index (χ0v) is 11.6. The van der Waals surface area contributed by atoms with Crippen LogP contribution in [-0.4, -0.2) is 24.0 Å². The Labute approximate surface area is 119 Å². The molecule has 0 atom stereocenters. The Morgan fingerprint density at radius 3 is 2.65 bits per heavy atom. The van der Waals surface area contributed by atoms with E-state index in [1.165, 1.54) is 0 Å². The first-order chi connectivity index (χ1) is 9.79. The molecule has 0 saturated heterocycles. The standard InChI is InChI=1S/C16H19N3O/c1-2-19(15-8-4-3-5-9-15)13-16(20)18-12-14-7-6-10-17-11-14/h3-11H,2,12-13H2,1H3,(H,18,20). The van der Waals surface area contributed by atoms with Gasteiger partial charge in [0.2, 0.25) is 5.91 Å². The van der Waals surface area contributed by atoms with Crippen molar-refractivity contribution in [1.82, 2.24) is 10.3 Å². The molecule has 0 bridgehead atoms. The molecule has 0 spiro atoms. The second-order valence-electron chi connectivity index (χ2n) is 4.49. The predicted molar refractivity (Wildman–Crippen MR) is 80.4 cm³/mol. The average Bonchev–Trinajstić information content (AvgIpc) is 2.52. The molecule has 0 fully saturated rings. The van der Waals surface area contributed by atoms with Crippen molar-refractivity contribution in [3.05, 3.63) is 60.4 Å². The molecule has 1 aromatic carbocycles. The first-order valence-electron chi connectivity index (χ1n) is 6.75. The molecule has 20 heavy (non-hydrogen) atoms. The van der Waals surface area contributed by atoms with Gasteiger partial charge in [0.25, 0.3) is 0 Å². The van der Waals surface area contributed by atoms with Gasteiger partial charge in [-0.2, -0.15) is 0 Å². The summed E-state index contributed by atoms with van der Waals surface area (Å²) in [6.07, 6.45) is 3.48. The Balaban J connectivity index is 1.87. The highest BCUT2D eigenvalue weighted by Gasteiger charge is 2.09. The van der Waals surface area contributed by atoms with Crippen LogP contribution in [0.2, 0.25) is 0 Å². The third-order valence-corrected chi connectivity index (χ3v) is 3.05. The first kappa shape index (κ1) is 14.1. The number of carbonyl (C=O) groups excluding carboxylic acids is 1. The van der Waals surface area contributed by atoms with Crippen molar-refractivity contribution < 1.29 is 4.79 Å². The number of carbonyl (C=O) groups is 1. The van der Waals surface area contributed by atoms with Crippen LogP contribution in [0.15, 0.2) is 54.9 Å². The molecule has 0 aliphatic rings. The van der Waals surface area contributed by atoms with Crippen LogP contribution in [0.1, 0.15) is 12.5 Å². The van der Waals surface area contributed by atoms with E-state index in [1.54, 1.807) is 12.4 Å². The Bertz CT molecular complexity index is 528. The molecule has 1 aromatic heterocycles. The lowest BCUT2D eigenvalue weighted by Crippen LogP contribution is -2.36. The minimum atomic E-state index is 0.0135. The summed E-state index contributed by atoms with van der Waals surface area (Å²) in [6.45, 7) is 3.71. The van der Waals surface area contributed by atoms with Crippen LogP contribution >= 0.6 is 0 Å². The Kier molecular flexibility index (Phi) is 5.12. The van der Waals surface area contributed by atoms with Gasteiger partial charge < -0.3 is 10.2 Å². The van der Waals surface area contributed by atoms with Gasteiger partial charge in [0.05, 0.1) is 6.54 Å². The van der Waals surface area contributed by atoms with Gasteiger partial charge in [0.1, 0.15) is 0 Å².